The van der Waals surface area contributed by atoms with E-state index in [0.29, 0.717) is 0 Å². The molecule has 0 heterocycles. The Bertz CT molecular complexity index is 187. The van der Waals surface area contributed by atoms with E-state index in [9.17, 15) is 4.79 Å². The van der Waals surface area contributed by atoms with E-state index in [1.165, 1.54) is 0 Å². The molecule has 3 heteroatoms. The summed E-state index contributed by atoms with van der Waals surface area (Å²) < 4.78 is 0. The summed E-state index contributed by atoms with van der Waals surface area (Å²) >= 11 is 0. The summed E-state index contributed by atoms with van der Waals surface area (Å²) in [6.45, 7) is 3.99. The Hall–Kier alpha value is -0.570. The summed E-state index contributed by atoms with van der Waals surface area (Å²) in [7, 11) is 2.04. The minimum Gasteiger partial charge on any atom is -0.481 e. The van der Waals surface area contributed by atoms with Crippen molar-refractivity contribution in [3.63, 3.8) is 0 Å². The highest BCUT2D eigenvalue weighted by molar-refractivity contribution is 5.75. The first-order chi connectivity index (χ1) is 6.10. The van der Waals surface area contributed by atoms with Crippen LogP contribution in [0.15, 0.2) is 0 Å². The van der Waals surface area contributed by atoms with Crippen molar-refractivity contribution < 1.29 is 9.90 Å². The van der Waals surface area contributed by atoms with Gasteiger partial charge in [-0.05, 0) is 39.4 Å². The average molecular weight is 185 g/mol. The second-order valence-electron chi connectivity index (χ2n) is 4.08. The van der Waals surface area contributed by atoms with Gasteiger partial charge in [-0.3, -0.25) is 4.79 Å². The van der Waals surface area contributed by atoms with Crippen LogP contribution in [0, 0.1) is 5.41 Å². The Labute approximate surface area is 79.7 Å². The van der Waals surface area contributed by atoms with Gasteiger partial charge in [0.15, 0.2) is 0 Å². The van der Waals surface area contributed by atoms with Crippen molar-refractivity contribution in [2.45, 2.75) is 32.6 Å². The van der Waals surface area contributed by atoms with Gasteiger partial charge in [0.05, 0.1) is 5.41 Å². The first-order valence-electron chi connectivity index (χ1n) is 5.03. The second-order valence-corrected chi connectivity index (χ2v) is 4.08. The molecular formula is C10H19NO2. The monoisotopic (exact) mass is 185 g/mol. The predicted octanol–water partition coefficient (Wildman–Crippen LogP) is 1.58. The molecule has 1 saturated carbocycles. The van der Waals surface area contributed by atoms with Gasteiger partial charge in [0.1, 0.15) is 0 Å². The maximum absolute atomic E-state index is 11.0. The van der Waals surface area contributed by atoms with Gasteiger partial charge in [0.2, 0.25) is 0 Å². The van der Waals surface area contributed by atoms with E-state index in [-0.39, 0.29) is 5.41 Å². The molecule has 0 atom stereocenters. The average Bonchev–Trinajstić information content (AvgIpc) is 2.01. The number of hydrogen-bond acceptors (Lipinski definition) is 2. The molecule has 3 nitrogen and oxygen atoms in total. The van der Waals surface area contributed by atoms with Crippen LogP contribution in [0.1, 0.15) is 32.6 Å². The molecule has 0 saturated heterocycles. The maximum Gasteiger partial charge on any atom is 0.309 e. The van der Waals surface area contributed by atoms with Gasteiger partial charge >= 0.3 is 5.97 Å². The van der Waals surface area contributed by atoms with Crippen molar-refractivity contribution in [2.24, 2.45) is 5.41 Å². The summed E-state index contributed by atoms with van der Waals surface area (Å²) in [5.74, 6) is -0.594. The predicted molar refractivity (Wildman–Crippen MR) is 51.7 cm³/mol. The van der Waals surface area contributed by atoms with Gasteiger partial charge in [-0.15, -0.1) is 0 Å². The van der Waals surface area contributed by atoms with E-state index in [4.69, 9.17) is 5.11 Å². The van der Waals surface area contributed by atoms with Gasteiger partial charge in [-0.1, -0.05) is 13.3 Å². The molecule has 0 aromatic carbocycles. The largest absolute Gasteiger partial charge is 0.481 e. The highest BCUT2D eigenvalue weighted by atomic mass is 16.4. The zero-order chi connectivity index (χ0) is 9.90. The van der Waals surface area contributed by atoms with Crippen LogP contribution < -0.4 is 0 Å². The first kappa shape index (κ1) is 10.5. The van der Waals surface area contributed by atoms with Gasteiger partial charge in [-0.25, -0.2) is 0 Å². The second kappa shape index (κ2) is 4.09. The molecule has 0 spiro atoms. The molecule has 0 aromatic heterocycles. The third-order valence-electron chi connectivity index (χ3n) is 3.28. The minimum absolute atomic E-state index is 0.372. The van der Waals surface area contributed by atoms with E-state index in [1.54, 1.807) is 0 Å². The Morgan fingerprint density at radius 3 is 2.46 bits per heavy atom. The van der Waals surface area contributed by atoms with E-state index in [0.717, 1.165) is 38.8 Å². The molecule has 1 aliphatic rings. The topological polar surface area (TPSA) is 40.5 Å². The lowest BCUT2D eigenvalue weighted by Crippen LogP contribution is -2.40. The Balaban J connectivity index is 2.36. The molecular weight excluding hydrogens is 166 g/mol. The van der Waals surface area contributed by atoms with Gasteiger partial charge in [-0.2, -0.15) is 0 Å². The Kier molecular flexibility index (Phi) is 3.31. The van der Waals surface area contributed by atoms with Crippen LogP contribution >= 0.6 is 0 Å². The fourth-order valence-corrected chi connectivity index (χ4v) is 1.74. The van der Waals surface area contributed by atoms with Crippen molar-refractivity contribution in [1.82, 2.24) is 4.90 Å². The first-order valence-corrected chi connectivity index (χ1v) is 5.03. The molecule has 1 aliphatic carbocycles. The fourth-order valence-electron chi connectivity index (χ4n) is 1.74. The number of carboxylic acids is 1. The molecule has 1 rings (SSSR count). The van der Waals surface area contributed by atoms with Crippen molar-refractivity contribution in [2.75, 3.05) is 20.1 Å². The molecule has 0 aliphatic heterocycles. The Morgan fingerprint density at radius 2 is 2.15 bits per heavy atom. The molecule has 0 aromatic rings. The van der Waals surface area contributed by atoms with Crippen molar-refractivity contribution in [3.05, 3.63) is 0 Å². The minimum atomic E-state index is -0.594. The van der Waals surface area contributed by atoms with Crippen molar-refractivity contribution >= 4 is 5.97 Å². The van der Waals surface area contributed by atoms with Gasteiger partial charge < -0.3 is 10.0 Å². The van der Waals surface area contributed by atoms with Crippen molar-refractivity contribution in [1.29, 1.82) is 0 Å². The zero-order valence-corrected chi connectivity index (χ0v) is 8.55. The number of carboxylic acid groups (broad SMARTS) is 1. The lowest BCUT2D eigenvalue weighted by atomic mass is 9.66. The molecule has 0 bridgehead atoms. The normalized spacial score (nSPS) is 19.9. The quantitative estimate of drug-likeness (QED) is 0.707. The van der Waals surface area contributed by atoms with Gasteiger partial charge in [0.25, 0.3) is 0 Å². The summed E-state index contributed by atoms with van der Waals surface area (Å²) in [5, 5.41) is 9.05. The van der Waals surface area contributed by atoms with Crippen LogP contribution in [-0.2, 0) is 4.79 Å². The SMILES string of the molecule is CCN(C)CCC1(C(=O)O)CCC1. The standard InChI is InChI=1S/C10H19NO2/c1-3-11(2)8-7-10(9(12)13)5-4-6-10/h3-8H2,1-2H3,(H,12,13). The number of nitrogens with zero attached hydrogens (tertiary/aromatic N) is 1. The fraction of sp³-hybridized carbons (Fsp3) is 0.900. The molecule has 0 unspecified atom stereocenters. The lowest BCUT2D eigenvalue weighted by Gasteiger charge is -2.38. The van der Waals surface area contributed by atoms with Crippen LogP contribution in [0.2, 0.25) is 0 Å². The summed E-state index contributed by atoms with van der Waals surface area (Å²) in [4.78, 5) is 13.2. The van der Waals surface area contributed by atoms with Crippen LogP contribution in [0.3, 0.4) is 0 Å². The molecule has 13 heavy (non-hydrogen) atoms. The van der Waals surface area contributed by atoms with Crippen LogP contribution in [0.25, 0.3) is 0 Å². The maximum atomic E-state index is 11.0. The molecule has 0 radical (unpaired) electrons. The van der Waals surface area contributed by atoms with Crippen LogP contribution in [-0.4, -0.2) is 36.1 Å². The smallest absolute Gasteiger partial charge is 0.309 e. The molecule has 1 fully saturated rings. The summed E-state index contributed by atoms with van der Waals surface area (Å²) in [6.07, 6.45) is 3.65. The third-order valence-corrected chi connectivity index (χ3v) is 3.28. The van der Waals surface area contributed by atoms with E-state index < -0.39 is 5.97 Å². The van der Waals surface area contributed by atoms with Crippen LogP contribution in [0.5, 0.6) is 0 Å². The van der Waals surface area contributed by atoms with Gasteiger partial charge in [0, 0.05) is 0 Å². The van der Waals surface area contributed by atoms with E-state index in [1.807, 2.05) is 7.05 Å². The molecule has 0 amide bonds. The summed E-state index contributed by atoms with van der Waals surface area (Å²) in [5.41, 5.74) is -0.372. The third kappa shape index (κ3) is 2.21. The number of carbonyl (C=O) groups is 1. The molecule has 76 valence electrons. The highest BCUT2D eigenvalue weighted by Gasteiger charge is 2.43. The van der Waals surface area contributed by atoms with E-state index in [2.05, 4.69) is 11.8 Å². The van der Waals surface area contributed by atoms with Crippen LogP contribution in [0.4, 0.5) is 0 Å². The lowest BCUT2D eigenvalue weighted by molar-refractivity contribution is -0.155. The number of hydrogen-bond donors (Lipinski definition) is 1. The van der Waals surface area contributed by atoms with E-state index >= 15 is 0 Å². The highest BCUT2D eigenvalue weighted by Crippen LogP contribution is 2.44. The van der Waals surface area contributed by atoms with Crippen molar-refractivity contribution in [3.8, 4) is 0 Å². The zero-order valence-electron chi connectivity index (χ0n) is 8.55. The number of aliphatic carboxylic acids is 1. The Morgan fingerprint density at radius 1 is 1.54 bits per heavy atom. The summed E-state index contributed by atoms with van der Waals surface area (Å²) in [6, 6.07) is 0. The number of rotatable bonds is 5. The molecule has 1 N–H and O–H groups in total.